The number of aromatic nitrogens is 5. The standard InChI is InChI=1S/C52H33N5O/c1-4-15-34(16-5-1)36-29-31-37(32-30-36)49-54-50(39-20-12-19-38(33-39)35-17-6-2-7-18-35)56-51(55-49)42-24-14-28-46-47(42)41-23-13-25-43(48(41)58-46)52-53-44-26-10-11-27-45(44)57(52)40-21-8-3-9-22-40/h1-33H. The van der Waals surface area contributed by atoms with Crippen molar-refractivity contribution in [2.24, 2.45) is 0 Å². The Morgan fingerprint density at radius 1 is 0.379 bits per heavy atom. The van der Waals surface area contributed by atoms with Gasteiger partial charge in [-0.05, 0) is 64.7 Å². The van der Waals surface area contributed by atoms with Crippen LogP contribution in [0.1, 0.15) is 0 Å². The fourth-order valence-corrected chi connectivity index (χ4v) is 7.92. The third-order valence-electron chi connectivity index (χ3n) is 10.7. The maximum atomic E-state index is 6.81. The lowest BCUT2D eigenvalue weighted by Crippen LogP contribution is -2.00. The van der Waals surface area contributed by atoms with E-state index in [0.29, 0.717) is 17.5 Å². The van der Waals surface area contributed by atoms with E-state index in [0.717, 1.165) is 89.0 Å². The molecule has 11 rings (SSSR count). The van der Waals surface area contributed by atoms with Crippen LogP contribution in [0.4, 0.5) is 0 Å². The Hall–Kier alpha value is -7.96. The number of hydrogen-bond acceptors (Lipinski definition) is 5. The average molecular weight is 744 g/mol. The average Bonchev–Trinajstić information content (AvgIpc) is 3.89. The third kappa shape index (κ3) is 5.83. The molecule has 0 aliphatic carbocycles. The van der Waals surface area contributed by atoms with E-state index < -0.39 is 0 Å². The first kappa shape index (κ1) is 33.4. The number of benzene rings is 8. The van der Waals surface area contributed by atoms with Crippen molar-refractivity contribution >= 4 is 33.0 Å². The molecule has 0 aliphatic heterocycles. The van der Waals surface area contributed by atoms with Crippen molar-refractivity contribution in [2.75, 3.05) is 0 Å². The van der Waals surface area contributed by atoms with Gasteiger partial charge in [-0.25, -0.2) is 19.9 Å². The van der Waals surface area contributed by atoms with Crippen molar-refractivity contribution in [3.63, 3.8) is 0 Å². The first-order chi connectivity index (χ1) is 28.7. The van der Waals surface area contributed by atoms with Gasteiger partial charge in [0.05, 0.1) is 16.6 Å². The van der Waals surface area contributed by atoms with Gasteiger partial charge in [-0.2, -0.15) is 0 Å². The maximum Gasteiger partial charge on any atom is 0.164 e. The SMILES string of the molecule is c1ccc(-c2ccc(-c3nc(-c4cccc(-c5ccccc5)c4)nc(-c4cccc5oc6c(-c7nc8ccccc8n7-c7ccccc7)cccc6c45)n3)cc2)cc1. The van der Waals surface area contributed by atoms with Crippen LogP contribution in [0.5, 0.6) is 0 Å². The molecule has 0 saturated heterocycles. The second-order valence-electron chi connectivity index (χ2n) is 14.3. The van der Waals surface area contributed by atoms with Crippen molar-refractivity contribution in [1.82, 2.24) is 24.5 Å². The molecule has 3 heterocycles. The molecular weight excluding hydrogens is 711 g/mol. The zero-order chi connectivity index (χ0) is 38.4. The molecule has 0 atom stereocenters. The molecule has 0 N–H and O–H groups in total. The first-order valence-electron chi connectivity index (χ1n) is 19.3. The van der Waals surface area contributed by atoms with Gasteiger partial charge in [0.15, 0.2) is 17.5 Å². The highest BCUT2D eigenvalue weighted by Gasteiger charge is 2.22. The predicted molar refractivity (Wildman–Crippen MR) is 234 cm³/mol. The van der Waals surface area contributed by atoms with Crippen molar-refractivity contribution in [1.29, 1.82) is 0 Å². The van der Waals surface area contributed by atoms with Crippen LogP contribution in [0.3, 0.4) is 0 Å². The van der Waals surface area contributed by atoms with Crippen molar-refractivity contribution < 1.29 is 4.42 Å². The molecule has 58 heavy (non-hydrogen) atoms. The van der Waals surface area contributed by atoms with Gasteiger partial charge in [-0.15, -0.1) is 0 Å². The molecule has 0 saturated carbocycles. The summed E-state index contributed by atoms with van der Waals surface area (Å²) in [7, 11) is 0. The minimum absolute atomic E-state index is 0.562. The predicted octanol–water partition coefficient (Wildman–Crippen LogP) is 13.1. The maximum absolute atomic E-state index is 6.81. The summed E-state index contributed by atoms with van der Waals surface area (Å²) < 4.78 is 9.02. The summed E-state index contributed by atoms with van der Waals surface area (Å²) in [5, 5.41) is 1.89. The number of hydrogen-bond donors (Lipinski definition) is 0. The number of rotatable bonds is 7. The Kier molecular flexibility index (Phi) is 8.04. The molecule has 272 valence electrons. The van der Waals surface area contributed by atoms with Crippen LogP contribution in [0.15, 0.2) is 205 Å². The highest BCUT2D eigenvalue weighted by molar-refractivity contribution is 6.15. The third-order valence-corrected chi connectivity index (χ3v) is 10.7. The van der Waals surface area contributed by atoms with E-state index in [4.69, 9.17) is 24.4 Å². The number of fused-ring (bicyclic) bond motifs is 4. The number of furan rings is 1. The summed E-state index contributed by atoms with van der Waals surface area (Å²) in [4.78, 5) is 20.7. The minimum Gasteiger partial charge on any atom is -0.455 e. The van der Waals surface area contributed by atoms with Gasteiger partial charge in [0, 0.05) is 33.2 Å². The first-order valence-corrected chi connectivity index (χ1v) is 19.3. The molecule has 0 amide bonds. The number of para-hydroxylation sites is 4. The Labute approximate surface area is 334 Å². The lowest BCUT2D eigenvalue weighted by Gasteiger charge is -2.11. The topological polar surface area (TPSA) is 69.6 Å². The van der Waals surface area contributed by atoms with Crippen LogP contribution in [-0.4, -0.2) is 24.5 Å². The lowest BCUT2D eigenvalue weighted by molar-refractivity contribution is 0.669. The van der Waals surface area contributed by atoms with Gasteiger partial charge in [0.25, 0.3) is 0 Å². The van der Waals surface area contributed by atoms with Gasteiger partial charge in [-0.3, -0.25) is 4.57 Å². The highest BCUT2D eigenvalue weighted by Crippen LogP contribution is 2.41. The summed E-state index contributed by atoms with van der Waals surface area (Å²) in [5.74, 6) is 2.55. The van der Waals surface area contributed by atoms with Crippen LogP contribution in [0.2, 0.25) is 0 Å². The van der Waals surface area contributed by atoms with E-state index in [1.807, 2.05) is 42.5 Å². The summed E-state index contributed by atoms with van der Waals surface area (Å²) >= 11 is 0. The molecule has 0 aliphatic rings. The van der Waals surface area contributed by atoms with E-state index in [1.54, 1.807) is 0 Å². The van der Waals surface area contributed by atoms with Crippen molar-refractivity contribution in [3.05, 3.63) is 200 Å². The zero-order valence-corrected chi connectivity index (χ0v) is 31.2. The summed E-state index contributed by atoms with van der Waals surface area (Å²) in [6.07, 6.45) is 0. The Bertz CT molecular complexity index is 3260. The largest absolute Gasteiger partial charge is 0.455 e. The van der Waals surface area contributed by atoms with Crippen LogP contribution in [-0.2, 0) is 0 Å². The van der Waals surface area contributed by atoms with Crippen molar-refractivity contribution in [3.8, 4) is 73.5 Å². The zero-order valence-electron chi connectivity index (χ0n) is 31.2. The minimum atomic E-state index is 0.562. The molecule has 0 radical (unpaired) electrons. The molecule has 11 aromatic rings. The van der Waals surface area contributed by atoms with E-state index >= 15 is 0 Å². The van der Waals surface area contributed by atoms with Gasteiger partial charge in [-0.1, -0.05) is 158 Å². The summed E-state index contributed by atoms with van der Waals surface area (Å²) in [6, 6.07) is 68.5. The van der Waals surface area contributed by atoms with Crippen LogP contribution >= 0.6 is 0 Å². The molecular formula is C52H33N5O. The highest BCUT2D eigenvalue weighted by atomic mass is 16.3. The summed E-state index contributed by atoms with van der Waals surface area (Å²) in [5.41, 5.74) is 12.5. The fraction of sp³-hybridized carbons (Fsp3) is 0. The molecule has 8 aromatic carbocycles. The monoisotopic (exact) mass is 743 g/mol. The van der Waals surface area contributed by atoms with E-state index in [-0.39, 0.29) is 0 Å². The smallest absolute Gasteiger partial charge is 0.164 e. The van der Waals surface area contributed by atoms with Crippen LogP contribution in [0, 0.1) is 0 Å². The molecule has 6 heteroatoms. The summed E-state index contributed by atoms with van der Waals surface area (Å²) in [6.45, 7) is 0. The van der Waals surface area contributed by atoms with Crippen LogP contribution in [0.25, 0.3) is 106 Å². The van der Waals surface area contributed by atoms with Crippen LogP contribution < -0.4 is 0 Å². The molecule has 0 unspecified atom stereocenters. The molecule has 6 nitrogen and oxygen atoms in total. The van der Waals surface area contributed by atoms with E-state index in [2.05, 4.69) is 162 Å². The Morgan fingerprint density at radius 3 is 1.71 bits per heavy atom. The molecule has 0 spiro atoms. The second kappa shape index (κ2) is 14.0. The molecule has 0 fully saturated rings. The second-order valence-corrected chi connectivity index (χ2v) is 14.3. The van der Waals surface area contributed by atoms with Crippen molar-refractivity contribution in [2.45, 2.75) is 0 Å². The van der Waals surface area contributed by atoms with Gasteiger partial charge >= 0.3 is 0 Å². The van der Waals surface area contributed by atoms with E-state index in [9.17, 15) is 0 Å². The Balaban J connectivity index is 1.11. The van der Waals surface area contributed by atoms with Gasteiger partial charge < -0.3 is 4.42 Å². The molecule has 0 bridgehead atoms. The van der Waals surface area contributed by atoms with Gasteiger partial charge in [0.1, 0.15) is 17.0 Å². The number of nitrogens with zero attached hydrogens (tertiary/aromatic N) is 5. The van der Waals surface area contributed by atoms with E-state index in [1.165, 1.54) is 0 Å². The quantitative estimate of drug-likeness (QED) is 0.163. The number of imidazole rings is 1. The molecule has 3 aromatic heterocycles. The Morgan fingerprint density at radius 2 is 0.931 bits per heavy atom. The normalized spacial score (nSPS) is 11.4. The lowest BCUT2D eigenvalue weighted by atomic mass is 10.0. The fourth-order valence-electron chi connectivity index (χ4n) is 7.92. The van der Waals surface area contributed by atoms with Gasteiger partial charge in [0.2, 0.25) is 0 Å².